The highest BCUT2D eigenvalue weighted by molar-refractivity contribution is 5.95. The van der Waals surface area contributed by atoms with Gasteiger partial charge in [-0.25, -0.2) is 4.98 Å². The molecule has 2 aromatic carbocycles. The highest BCUT2D eigenvalue weighted by Crippen LogP contribution is 2.34. The molecule has 0 aliphatic carbocycles. The van der Waals surface area contributed by atoms with Crippen LogP contribution < -0.4 is 10.1 Å². The summed E-state index contributed by atoms with van der Waals surface area (Å²) >= 11 is 0. The van der Waals surface area contributed by atoms with Gasteiger partial charge in [0, 0.05) is 22.8 Å². The van der Waals surface area contributed by atoms with Crippen molar-refractivity contribution in [2.24, 2.45) is 0 Å². The number of hydrogen-bond acceptors (Lipinski definition) is 3. The number of aromatic amines is 1. The number of anilines is 2. The molecule has 0 saturated heterocycles. The summed E-state index contributed by atoms with van der Waals surface area (Å²) in [7, 11) is 1.69. The number of ether oxygens (including phenoxy) is 1. The Bertz CT molecular complexity index is 1060. The maximum absolute atomic E-state index is 5.50. The van der Waals surface area contributed by atoms with E-state index in [2.05, 4.69) is 65.5 Å². The molecule has 2 aromatic heterocycles. The minimum atomic E-state index is 0.522. The van der Waals surface area contributed by atoms with E-state index in [9.17, 15) is 0 Å². The zero-order valence-corrected chi connectivity index (χ0v) is 15.8. The molecule has 0 radical (unpaired) electrons. The smallest absolute Gasteiger partial charge is 0.139 e. The molecule has 4 rings (SSSR count). The molecule has 2 heterocycles. The fourth-order valence-electron chi connectivity index (χ4n) is 3.25. The third kappa shape index (κ3) is 3.38. The van der Waals surface area contributed by atoms with E-state index in [0.717, 1.165) is 39.4 Å². The lowest BCUT2D eigenvalue weighted by atomic mass is 10.0. The van der Waals surface area contributed by atoms with Crippen molar-refractivity contribution in [3.8, 4) is 17.0 Å². The number of methoxy groups -OCH3 is 1. The average molecular weight is 357 g/mol. The van der Waals surface area contributed by atoms with E-state index in [1.54, 1.807) is 7.11 Å². The predicted octanol–water partition coefficient (Wildman–Crippen LogP) is 6.11. The van der Waals surface area contributed by atoms with Gasteiger partial charge in [0.05, 0.1) is 18.3 Å². The lowest BCUT2D eigenvalue weighted by molar-refractivity contribution is 0.416. The van der Waals surface area contributed by atoms with Crippen molar-refractivity contribution in [3.05, 3.63) is 72.4 Å². The Labute approximate surface area is 159 Å². The van der Waals surface area contributed by atoms with Gasteiger partial charge >= 0.3 is 0 Å². The van der Waals surface area contributed by atoms with Gasteiger partial charge in [0.25, 0.3) is 0 Å². The fraction of sp³-hybridized carbons (Fsp3) is 0.174. The highest BCUT2D eigenvalue weighted by atomic mass is 16.5. The maximum Gasteiger partial charge on any atom is 0.139 e. The Hall–Kier alpha value is -3.27. The molecule has 0 spiro atoms. The lowest BCUT2D eigenvalue weighted by Crippen LogP contribution is -1.94. The number of benzene rings is 2. The number of nitrogens with one attached hydrogen (secondary N) is 2. The van der Waals surface area contributed by atoms with Gasteiger partial charge in [0.15, 0.2) is 0 Å². The number of hydrogen-bond donors (Lipinski definition) is 2. The summed E-state index contributed by atoms with van der Waals surface area (Å²) in [6.07, 6.45) is 1.82. The molecule has 136 valence electrons. The topological polar surface area (TPSA) is 49.9 Å². The second-order valence-corrected chi connectivity index (χ2v) is 6.91. The lowest BCUT2D eigenvalue weighted by Gasteiger charge is -2.09. The van der Waals surface area contributed by atoms with Gasteiger partial charge in [0.1, 0.15) is 11.6 Å². The number of para-hydroxylation sites is 1. The molecule has 0 bridgehead atoms. The minimum Gasteiger partial charge on any atom is -0.496 e. The predicted molar refractivity (Wildman–Crippen MR) is 112 cm³/mol. The van der Waals surface area contributed by atoms with Crippen LogP contribution in [-0.2, 0) is 0 Å². The first-order valence-electron chi connectivity index (χ1n) is 9.14. The quantitative estimate of drug-likeness (QED) is 0.453. The number of nitrogens with zero attached hydrogens (tertiary/aromatic N) is 1. The first kappa shape index (κ1) is 17.2. The molecule has 0 atom stereocenters. The first-order valence-corrected chi connectivity index (χ1v) is 9.14. The van der Waals surface area contributed by atoms with Crippen molar-refractivity contribution in [1.82, 2.24) is 9.97 Å². The zero-order valence-electron chi connectivity index (χ0n) is 15.8. The summed E-state index contributed by atoms with van der Waals surface area (Å²) in [6.45, 7) is 4.40. The van der Waals surface area contributed by atoms with Crippen LogP contribution in [0.5, 0.6) is 5.75 Å². The first-order chi connectivity index (χ1) is 13.2. The van der Waals surface area contributed by atoms with Crippen molar-refractivity contribution in [1.29, 1.82) is 0 Å². The van der Waals surface area contributed by atoms with Gasteiger partial charge in [0.2, 0.25) is 0 Å². The molecule has 4 heteroatoms. The van der Waals surface area contributed by atoms with Crippen molar-refractivity contribution in [3.63, 3.8) is 0 Å². The van der Waals surface area contributed by atoms with Gasteiger partial charge in [-0.15, -0.1) is 0 Å². The standard InChI is InChI=1S/C23H23N3O/c1-15(2)16-8-10-17(11-9-16)25-23-19-14-21(26-20(19)12-13-24-23)18-6-4-5-7-22(18)27-3/h4-15,26H,1-3H3,(H,24,25). The summed E-state index contributed by atoms with van der Waals surface area (Å²) in [5, 5.41) is 4.49. The van der Waals surface area contributed by atoms with E-state index in [1.807, 2.05) is 30.5 Å². The highest BCUT2D eigenvalue weighted by Gasteiger charge is 2.11. The van der Waals surface area contributed by atoms with Crippen LogP contribution in [0.4, 0.5) is 11.5 Å². The maximum atomic E-state index is 5.50. The van der Waals surface area contributed by atoms with Crippen LogP contribution in [0.2, 0.25) is 0 Å². The monoisotopic (exact) mass is 357 g/mol. The summed E-state index contributed by atoms with van der Waals surface area (Å²) in [4.78, 5) is 8.02. The molecule has 2 N–H and O–H groups in total. The van der Waals surface area contributed by atoms with E-state index in [0.29, 0.717) is 5.92 Å². The van der Waals surface area contributed by atoms with Gasteiger partial charge < -0.3 is 15.0 Å². The van der Waals surface area contributed by atoms with Gasteiger partial charge in [-0.2, -0.15) is 0 Å². The average Bonchev–Trinajstić information content (AvgIpc) is 3.13. The molecule has 4 aromatic rings. The number of pyridine rings is 1. The SMILES string of the molecule is COc1ccccc1-c1cc2c(Nc3ccc(C(C)C)cc3)nccc2[nH]1. The van der Waals surface area contributed by atoms with E-state index < -0.39 is 0 Å². The number of fused-ring (bicyclic) bond motifs is 1. The zero-order chi connectivity index (χ0) is 18.8. The van der Waals surface area contributed by atoms with Crippen LogP contribution in [0, 0.1) is 0 Å². The fourth-order valence-corrected chi connectivity index (χ4v) is 3.25. The van der Waals surface area contributed by atoms with Crippen LogP contribution >= 0.6 is 0 Å². The molecule has 0 fully saturated rings. The van der Waals surface area contributed by atoms with E-state index in [4.69, 9.17) is 4.74 Å². The van der Waals surface area contributed by atoms with Gasteiger partial charge in [-0.05, 0) is 47.9 Å². The molecule has 27 heavy (non-hydrogen) atoms. The van der Waals surface area contributed by atoms with Crippen LogP contribution in [0.1, 0.15) is 25.3 Å². The second kappa shape index (κ2) is 7.16. The summed E-state index contributed by atoms with van der Waals surface area (Å²) in [5.74, 6) is 2.20. The Morgan fingerprint density at radius 1 is 1.00 bits per heavy atom. The van der Waals surface area contributed by atoms with Crippen LogP contribution in [0.25, 0.3) is 22.2 Å². The molecule has 0 amide bonds. The van der Waals surface area contributed by atoms with Crippen molar-refractivity contribution in [2.75, 3.05) is 12.4 Å². The number of aromatic nitrogens is 2. The minimum absolute atomic E-state index is 0.522. The molecule has 0 aliphatic rings. The molecular weight excluding hydrogens is 334 g/mol. The second-order valence-electron chi connectivity index (χ2n) is 6.91. The third-order valence-corrected chi connectivity index (χ3v) is 4.79. The largest absolute Gasteiger partial charge is 0.496 e. The van der Waals surface area contributed by atoms with Crippen molar-refractivity contribution < 1.29 is 4.74 Å². The van der Waals surface area contributed by atoms with Crippen LogP contribution in [0.15, 0.2) is 66.9 Å². The van der Waals surface area contributed by atoms with E-state index >= 15 is 0 Å². The van der Waals surface area contributed by atoms with Gasteiger partial charge in [-0.3, -0.25) is 0 Å². The molecule has 4 nitrogen and oxygen atoms in total. The number of H-pyrrole nitrogens is 1. The summed E-state index contributed by atoms with van der Waals surface area (Å²) in [6, 6.07) is 20.6. The van der Waals surface area contributed by atoms with Gasteiger partial charge in [-0.1, -0.05) is 38.1 Å². The molecule has 0 unspecified atom stereocenters. The van der Waals surface area contributed by atoms with E-state index in [1.165, 1.54) is 5.56 Å². The molecule has 0 aliphatic heterocycles. The Kier molecular flexibility index (Phi) is 4.55. The Morgan fingerprint density at radius 2 is 1.78 bits per heavy atom. The van der Waals surface area contributed by atoms with Crippen LogP contribution in [0.3, 0.4) is 0 Å². The normalized spacial score (nSPS) is 11.1. The Morgan fingerprint density at radius 3 is 2.52 bits per heavy atom. The Balaban J connectivity index is 1.71. The van der Waals surface area contributed by atoms with Crippen LogP contribution in [-0.4, -0.2) is 17.1 Å². The molecule has 0 saturated carbocycles. The number of rotatable bonds is 5. The summed E-state index contributed by atoms with van der Waals surface area (Å²) < 4.78 is 5.50. The van der Waals surface area contributed by atoms with Crippen molar-refractivity contribution in [2.45, 2.75) is 19.8 Å². The third-order valence-electron chi connectivity index (χ3n) is 4.79. The van der Waals surface area contributed by atoms with Crippen molar-refractivity contribution >= 4 is 22.4 Å². The molecular formula is C23H23N3O. The summed E-state index contributed by atoms with van der Waals surface area (Å²) in [5.41, 5.74) is 5.43. The van der Waals surface area contributed by atoms with E-state index in [-0.39, 0.29) is 0 Å².